The van der Waals surface area contributed by atoms with Crippen LogP contribution in [0.3, 0.4) is 0 Å². The van der Waals surface area contributed by atoms with Gasteiger partial charge in [-0.15, -0.1) is 0 Å². The summed E-state index contributed by atoms with van der Waals surface area (Å²) in [5, 5.41) is 3.55. The molecule has 112 valence electrons. The molecule has 1 aromatic rings. The van der Waals surface area contributed by atoms with Gasteiger partial charge in [0, 0.05) is 24.1 Å². The first-order valence-corrected chi connectivity index (χ1v) is 7.80. The first-order valence-electron chi connectivity index (χ1n) is 7.80. The first kappa shape index (κ1) is 15.4. The molecule has 0 atom stereocenters. The lowest BCUT2D eigenvalue weighted by atomic mass is 9.73. The summed E-state index contributed by atoms with van der Waals surface area (Å²) in [5.41, 5.74) is 0.472. The van der Waals surface area contributed by atoms with Gasteiger partial charge in [-0.05, 0) is 37.3 Å². The Balaban J connectivity index is 2.29. The highest BCUT2D eigenvalue weighted by Crippen LogP contribution is 2.36. The molecule has 0 bridgehead atoms. The highest BCUT2D eigenvalue weighted by Gasteiger charge is 2.35. The Morgan fingerprint density at radius 3 is 2.30 bits per heavy atom. The highest BCUT2D eigenvalue weighted by atomic mass is 19.1. The fraction of sp³-hybridized carbons (Fsp3) is 0.647. The Kier molecular flexibility index (Phi) is 5.14. The molecule has 1 aromatic carbocycles. The fourth-order valence-corrected chi connectivity index (χ4v) is 3.17. The van der Waals surface area contributed by atoms with Gasteiger partial charge in [-0.1, -0.05) is 32.8 Å². The Labute approximate surface area is 120 Å². The first-order chi connectivity index (χ1) is 9.61. The van der Waals surface area contributed by atoms with Gasteiger partial charge >= 0.3 is 0 Å². The van der Waals surface area contributed by atoms with Gasteiger partial charge in [-0.25, -0.2) is 8.78 Å². The van der Waals surface area contributed by atoms with Crippen molar-refractivity contribution in [2.24, 2.45) is 0 Å². The molecule has 1 N–H and O–H groups in total. The maximum atomic E-state index is 14.3. The molecule has 0 amide bonds. The van der Waals surface area contributed by atoms with Crippen LogP contribution in [-0.4, -0.2) is 12.6 Å². The zero-order valence-corrected chi connectivity index (χ0v) is 12.5. The van der Waals surface area contributed by atoms with Crippen LogP contribution in [0.25, 0.3) is 0 Å². The molecule has 0 spiro atoms. The van der Waals surface area contributed by atoms with E-state index in [1.807, 2.05) is 0 Å². The number of halogens is 2. The number of hydrogen-bond donors (Lipinski definition) is 1. The van der Waals surface area contributed by atoms with E-state index in [1.165, 1.54) is 18.9 Å². The molecule has 0 saturated heterocycles. The van der Waals surface area contributed by atoms with Crippen molar-refractivity contribution in [3.63, 3.8) is 0 Å². The lowest BCUT2D eigenvalue weighted by Crippen LogP contribution is -2.40. The van der Waals surface area contributed by atoms with Gasteiger partial charge in [0.05, 0.1) is 0 Å². The summed E-state index contributed by atoms with van der Waals surface area (Å²) in [6, 6.07) is 4.65. The monoisotopic (exact) mass is 281 g/mol. The van der Waals surface area contributed by atoms with Crippen molar-refractivity contribution in [1.29, 1.82) is 0 Å². The molecule has 0 heterocycles. The summed E-state index contributed by atoms with van der Waals surface area (Å²) in [5.74, 6) is -0.896. The third-order valence-corrected chi connectivity index (χ3v) is 4.27. The Hall–Kier alpha value is -0.960. The zero-order valence-electron chi connectivity index (χ0n) is 12.5. The number of hydrogen-bond acceptors (Lipinski definition) is 1. The van der Waals surface area contributed by atoms with Crippen molar-refractivity contribution in [1.82, 2.24) is 5.32 Å². The predicted molar refractivity (Wildman–Crippen MR) is 78.9 cm³/mol. The van der Waals surface area contributed by atoms with Crippen LogP contribution in [0.5, 0.6) is 0 Å². The van der Waals surface area contributed by atoms with Gasteiger partial charge in [0.15, 0.2) is 0 Å². The number of rotatable bonds is 8. The molecule has 20 heavy (non-hydrogen) atoms. The third kappa shape index (κ3) is 3.57. The molecule has 1 nitrogen and oxygen atoms in total. The number of nitrogens with one attached hydrogen (secondary N) is 1. The molecule has 0 aromatic heterocycles. The van der Waals surface area contributed by atoms with E-state index < -0.39 is 11.6 Å². The van der Waals surface area contributed by atoms with Gasteiger partial charge < -0.3 is 5.32 Å². The van der Waals surface area contributed by atoms with Gasteiger partial charge in [0.2, 0.25) is 0 Å². The van der Waals surface area contributed by atoms with E-state index in [0.29, 0.717) is 11.6 Å². The van der Waals surface area contributed by atoms with Crippen LogP contribution in [0.1, 0.15) is 57.9 Å². The SMILES string of the molecule is CCCC(CCC)(CNC1CC1)c1ccc(F)cc1F. The summed E-state index contributed by atoms with van der Waals surface area (Å²) in [4.78, 5) is 0. The quantitative estimate of drug-likeness (QED) is 0.737. The molecule has 1 aliphatic rings. The smallest absolute Gasteiger partial charge is 0.129 e. The van der Waals surface area contributed by atoms with Crippen LogP contribution in [0.2, 0.25) is 0 Å². The minimum atomic E-state index is -0.497. The second-order valence-electron chi connectivity index (χ2n) is 6.06. The molecular formula is C17H25F2N. The summed E-state index contributed by atoms with van der Waals surface area (Å²) in [6.07, 6.45) is 6.32. The largest absolute Gasteiger partial charge is 0.313 e. The van der Waals surface area contributed by atoms with Crippen LogP contribution in [0.4, 0.5) is 8.78 Å². The second kappa shape index (κ2) is 6.66. The lowest BCUT2D eigenvalue weighted by Gasteiger charge is -2.35. The summed E-state index contributed by atoms with van der Waals surface area (Å²) in [6.45, 7) is 5.05. The highest BCUT2D eigenvalue weighted by molar-refractivity contribution is 5.28. The molecule has 1 saturated carbocycles. The molecular weight excluding hydrogens is 256 g/mol. The normalized spacial score (nSPS) is 15.6. The molecule has 0 aliphatic heterocycles. The van der Waals surface area contributed by atoms with Crippen LogP contribution < -0.4 is 5.32 Å². The van der Waals surface area contributed by atoms with Crippen LogP contribution in [0.15, 0.2) is 18.2 Å². The van der Waals surface area contributed by atoms with Crippen molar-refractivity contribution in [2.45, 2.75) is 63.8 Å². The predicted octanol–water partition coefficient (Wildman–Crippen LogP) is 4.55. The van der Waals surface area contributed by atoms with Gasteiger partial charge in [0.1, 0.15) is 11.6 Å². The topological polar surface area (TPSA) is 12.0 Å². The van der Waals surface area contributed by atoms with Crippen LogP contribution in [0, 0.1) is 11.6 Å². The van der Waals surface area contributed by atoms with Crippen LogP contribution in [-0.2, 0) is 5.41 Å². The molecule has 0 unspecified atom stereocenters. The van der Waals surface area contributed by atoms with E-state index >= 15 is 0 Å². The maximum absolute atomic E-state index is 14.3. The molecule has 1 fully saturated rings. The zero-order chi connectivity index (χ0) is 14.6. The minimum Gasteiger partial charge on any atom is -0.313 e. The summed E-state index contributed by atoms with van der Waals surface area (Å²) in [7, 11) is 0. The standard InChI is InChI=1S/C17H25F2N/c1-3-9-17(10-4-2,12-20-14-6-7-14)15-8-5-13(18)11-16(15)19/h5,8,11,14,20H,3-4,6-7,9-10,12H2,1-2H3. The van der Waals surface area contributed by atoms with E-state index in [9.17, 15) is 8.78 Å². The lowest BCUT2D eigenvalue weighted by molar-refractivity contribution is 0.321. The third-order valence-electron chi connectivity index (χ3n) is 4.27. The van der Waals surface area contributed by atoms with Gasteiger partial charge in [-0.2, -0.15) is 0 Å². The minimum absolute atomic E-state index is 0.204. The summed E-state index contributed by atoms with van der Waals surface area (Å²) >= 11 is 0. The Bertz CT molecular complexity index is 435. The Morgan fingerprint density at radius 2 is 1.80 bits per heavy atom. The van der Waals surface area contributed by atoms with Crippen molar-refractivity contribution < 1.29 is 8.78 Å². The van der Waals surface area contributed by atoms with Crippen molar-refractivity contribution in [3.05, 3.63) is 35.4 Å². The van der Waals surface area contributed by atoms with Gasteiger partial charge in [0.25, 0.3) is 0 Å². The van der Waals surface area contributed by atoms with Gasteiger partial charge in [-0.3, -0.25) is 0 Å². The van der Waals surface area contributed by atoms with E-state index in [-0.39, 0.29) is 5.41 Å². The number of benzene rings is 1. The van der Waals surface area contributed by atoms with Crippen molar-refractivity contribution in [2.75, 3.05) is 6.54 Å². The molecule has 2 rings (SSSR count). The van der Waals surface area contributed by atoms with E-state index in [1.54, 1.807) is 6.07 Å². The van der Waals surface area contributed by atoms with Crippen molar-refractivity contribution in [3.8, 4) is 0 Å². The van der Waals surface area contributed by atoms with E-state index in [4.69, 9.17) is 0 Å². The van der Waals surface area contributed by atoms with E-state index in [2.05, 4.69) is 19.2 Å². The second-order valence-corrected chi connectivity index (χ2v) is 6.06. The molecule has 3 heteroatoms. The maximum Gasteiger partial charge on any atom is 0.129 e. The van der Waals surface area contributed by atoms with E-state index in [0.717, 1.165) is 38.3 Å². The average Bonchev–Trinajstić information content (AvgIpc) is 3.20. The van der Waals surface area contributed by atoms with Crippen LogP contribution >= 0.6 is 0 Å². The fourth-order valence-electron chi connectivity index (χ4n) is 3.17. The van der Waals surface area contributed by atoms with Crippen molar-refractivity contribution >= 4 is 0 Å². The molecule has 1 aliphatic carbocycles. The summed E-state index contributed by atoms with van der Waals surface area (Å²) < 4.78 is 27.4. The Morgan fingerprint density at radius 1 is 1.15 bits per heavy atom. The average molecular weight is 281 g/mol. The molecule has 0 radical (unpaired) electrons.